The predicted molar refractivity (Wildman–Crippen MR) is 60.0 cm³/mol. The number of hydrogen-bond donors (Lipinski definition) is 0. The van der Waals surface area contributed by atoms with Gasteiger partial charge in [-0.2, -0.15) is 0 Å². The fourth-order valence-electron chi connectivity index (χ4n) is 0.0680. The van der Waals surface area contributed by atoms with Crippen molar-refractivity contribution in [1.82, 2.24) is 0 Å². The summed E-state index contributed by atoms with van der Waals surface area (Å²) in [6, 6.07) is 0. The summed E-state index contributed by atoms with van der Waals surface area (Å²) in [6.07, 6.45) is 0. The van der Waals surface area contributed by atoms with Crippen LogP contribution in [0.2, 0.25) is 0 Å². The predicted octanol–water partition coefficient (Wildman–Crippen LogP) is -7.33. The van der Waals surface area contributed by atoms with Crippen LogP contribution in [0.15, 0.2) is 0 Å². The molecule has 0 heterocycles. The molecule has 0 spiro atoms. The van der Waals surface area contributed by atoms with Crippen molar-refractivity contribution in [3.05, 3.63) is 0 Å². The molecule has 0 atom stereocenters. The number of hydrogen-bond acceptors (Lipinski definition) is 9. The minimum Gasteiger partial charge on any atom is 0 e. The first-order valence-electron chi connectivity index (χ1n) is 2.83. The molecule has 0 aliphatic heterocycles. The Labute approximate surface area is 152 Å². The zero-order chi connectivity index (χ0) is 12.4. The summed E-state index contributed by atoms with van der Waals surface area (Å²) in [4.78, 5) is 0. The molecular formula is H10B6O14Zn2. The van der Waals surface area contributed by atoms with Crippen molar-refractivity contribution >= 4 is 44.1 Å². The first-order chi connectivity index (χ1) is 7.24. The van der Waals surface area contributed by atoms with Crippen molar-refractivity contribution in [2.45, 2.75) is 0 Å². The largest absolute Gasteiger partial charge is 0 e. The van der Waals surface area contributed by atoms with Gasteiger partial charge in [0.1, 0.15) is 0 Å². The van der Waals surface area contributed by atoms with Gasteiger partial charge in [0.05, 0.1) is 0 Å². The van der Waals surface area contributed by atoms with Gasteiger partial charge in [-0.3, -0.25) is 0 Å². The second-order valence-electron chi connectivity index (χ2n) is 0.986. The Morgan fingerprint density at radius 2 is 0.455 bits per heavy atom. The molecule has 0 amide bonds. The van der Waals surface area contributed by atoms with E-state index in [-0.39, 0.29) is 110 Å². The molecule has 0 radical (unpaired) electrons. The van der Waals surface area contributed by atoms with Gasteiger partial charge in [-0.1, -0.05) is 0 Å². The van der Waals surface area contributed by atoms with Crippen molar-refractivity contribution in [3.8, 4) is 0 Å². The normalized spacial score (nSPS) is 2.73. The van der Waals surface area contributed by atoms with Gasteiger partial charge in [0.2, 0.25) is 0 Å². The molecule has 0 fully saturated rings. The Bertz CT molecular complexity index is 148. The smallest absolute Gasteiger partial charge is 0 e. The van der Waals surface area contributed by atoms with Crippen LogP contribution in [0.3, 0.4) is 0 Å². The van der Waals surface area contributed by atoms with Gasteiger partial charge in [0.25, 0.3) is 0 Å². The molecular weight excluding hydrogens is 420 g/mol. The van der Waals surface area contributed by atoms with Gasteiger partial charge < -0.3 is 27.4 Å². The molecule has 0 bridgehead atoms. The fourth-order valence-corrected chi connectivity index (χ4v) is 0.0680. The summed E-state index contributed by atoms with van der Waals surface area (Å²) < 4.78 is 64.1. The SMILES string of the molecule is O.O.O.O.O.O=BOB=O.O=BOB=O.O=BOB=O.[Zn].[Zn]. The molecule has 0 unspecified atom stereocenters. The summed E-state index contributed by atoms with van der Waals surface area (Å²) in [6.45, 7) is 0. The van der Waals surface area contributed by atoms with Crippen LogP contribution in [-0.4, -0.2) is 71.5 Å². The molecule has 14 nitrogen and oxygen atoms in total. The zero-order valence-electron chi connectivity index (χ0n) is 11.1. The van der Waals surface area contributed by atoms with Crippen molar-refractivity contribution in [3.63, 3.8) is 0 Å². The first kappa shape index (κ1) is 68.0. The second-order valence-corrected chi connectivity index (χ2v) is 0.986. The summed E-state index contributed by atoms with van der Waals surface area (Å²) in [5.74, 6) is 0. The minimum atomic E-state index is 0. The van der Waals surface area contributed by atoms with E-state index in [1.165, 1.54) is 0 Å². The standard InChI is InChI=1S/3B2O3.5H2O.2Zn/c3*3-1-5-2-4;;;;;;;/h;;;5*1H2;;. The molecule has 22 heavy (non-hydrogen) atoms. The van der Waals surface area contributed by atoms with Gasteiger partial charge in [-0.15, -0.1) is 0 Å². The topological polar surface area (TPSA) is 288 Å². The van der Waals surface area contributed by atoms with Crippen LogP contribution < -0.4 is 0 Å². The van der Waals surface area contributed by atoms with E-state index in [0.29, 0.717) is 0 Å². The summed E-state index contributed by atoms with van der Waals surface area (Å²) in [5.41, 5.74) is 0. The van der Waals surface area contributed by atoms with Gasteiger partial charge in [-0.05, 0) is 0 Å². The second kappa shape index (κ2) is 107. The molecule has 0 aromatic rings. The van der Waals surface area contributed by atoms with E-state index < -0.39 is 0 Å². The number of rotatable bonds is 6. The Balaban J connectivity index is -0.0000000106. The van der Waals surface area contributed by atoms with E-state index >= 15 is 0 Å². The maximum Gasteiger partial charge on any atom is 0 e. The van der Waals surface area contributed by atoms with E-state index in [1.807, 2.05) is 0 Å². The fraction of sp³-hybridized carbons (Fsp3) is 0. The maximum absolute atomic E-state index is 8.95. The minimum absolute atomic E-state index is 0. The molecule has 116 valence electrons. The van der Waals surface area contributed by atoms with Gasteiger partial charge in [0.15, 0.2) is 0 Å². The van der Waals surface area contributed by atoms with E-state index in [4.69, 9.17) is 28.2 Å². The van der Waals surface area contributed by atoms with E-state index in [1.54, 1.807) is 0 Å². The van der Waals surface area contributed by atoms with E-state index in [2.05, 4.69) is 13.7 Å². The molecule has 0 aromatic heterocycles. The van der Waals surface area contributed by atoms with Crippen LogP contribution in [0, 0.1) is 0 Å². The van der Waals surface area contributed by atoms with Crippen LogP contribution in [-0.2, 0) is 80.9 Å². The molecule has 10 N–H and O–H groups in total. The Morgan fingerprint density at radius 3 is 0.455 bits per heavy atom. The average molecular weight is 430 g/mol. The molecule has 0 aliphatic rings. The summed E-state index contributed by atoms with van der Waals surface area (Å²) in [7, 11) is 0.375. The maximum atomic E-state index is 8.95. The van der Waals surface area contributed by atoms with Crippen molar-refractivity contribution in [2.75, 3.05) is 0 Å². The quantitative estimate of drug-likeness (QED) is 0.361. The monoisotopic (exact) mass is 428 g/mol. The van der Waals surface area contributed by atoms with Crippen LogP contribution in [0.5, 0.6) is 0 Å². The third-order valence-electron chi connectivity index (χ3n) is 0.333. The Hall–Kier alpha value is -0.364. The summed E-state index contributed by atoms with van der Waals surface area (Å²) >= 11 is 0. The molecule has 0 aliphatic carbocycles. The van der Waals surface area contributed by atoms with Crippen molar-refractivity contribution in [2.24, 2.45) is 0 Å². The third-order valence-corrected chi connectivity index (χ3v) is 0.333. The van der Waals surface area contributed by atoms with Crippen molar-refractivity contribution in [1.29, 1.82) is 0 Å². The van der Waals surface area contributed by atoms with E-state index in [9.17, 15) is 0 Å². The average Bonchev–Trinajstić information content (AvgIpc) is 2.23. The van der Waals surface area contributed by atoms with Gasteiger partial charge in [0, 0.05) is 39.0 Å². The molecule has 0 saturated heterocycles. The van der Waals surface area contributed by atoms with E-state index in [0.717, 1.165) is 0 Å². The Kier molecular flexibility index (Phi) is 330. The zero-order valence-corrected chi connectivity index (χ0v) is 17.0. The first-order valence-corrected chi connectivity index (χ1v) is 2.83. The van der Waals surface area contributed by atoms with Crippen LogP contribution in [0.25, 0.3) is 0 Å². The van der Waals surface area contributed by atoms with Crippen LogP contribution in [0.1, 0.15) is 0 Å². The third kappa shape index (κ3) is 215. The summed E-state index contributed by atoms with van der Waals surface area (Å²) in [5, 5.41) is 0. The van der Waals surface area contributed by atoms with Crippen molar-refractivity contribution < 1.29 is 108 Å². The molecule has 0 rings (SSSR count). The molecule has 0 saturated carbocycles. The van der Waals surface area contributed by atoms with Gasteiger partial charge in [-0.25, -0.2) is 0 Å². The van der Waals surface area contributed by atoms with Gasteiger partial charge >= 0.3 is 86.1 Å². The molecule has 0 aromatic carbocycles. The van der Waals surface area contributed by atoms with Crippen LogP contribution >= 0.6 is 0 Å². The Morgan fingerprint density at radius 1 is 0.364 bits per heavy atom. The molecule has 22 heteroatoms. The van der Waals surface area contributed by atoms with Crippen LogP contribution in [0.4, 0.5) is 0 Å².